The third kappa shape index (κ3) is 8.00. The van der Waals surface area contributed by atoms with Crippen LogP contribution in [0, 0.1) is 5.92 Å². The van der Waals surface area contributed by atoms with E-state index in [0.717, 1.165) is 39.4 Å². The molecule has 18 heavy (non-hydrogen) atoms. The summed E-state index contributed by atoms with van der Waals surface area (Å²) in [6.07, 6.45) is -0.409. The van der Waals surface area contributed by atoms with E-state index in [1.54, 1.807) is 0 Å². The van der Waals surface area contributed by atoms with Crippen molar-refractivity contribution in [1.29, 1.82) is 0 Å². The minimum atomic E-state index is -0.409. The summed E-state index contributed by atoms with van der Waals surface area (Å²) >= 11 is 0. The first-order chi connectivity index (χ1) is 8.68. The van der Waals surface area contributed by atoms with Crippen LogP contribution in [0.1, 0.15) is 13.8 Å². The summed E-state index contributed by atoms with van der Waals surface area (Å²) in [5, 5.41) is 12.9. The van der Waals surface area contributed by atoms with Crippen molar-refractivity contribution in [3.05, 3.63) is 0 Å². The number of aliphatic hydroxyl groups is 1. The summed E-state index contributed by atoms with van der Waals surface area (Å²) in [6.45, 7) is 11.6. The zero-order valence-electron chi connectivity index (χ0n) is 11.7. The standard InChI is InChI=1S/C13H28N2O3/c1-12(2)10-18-11-13(16)9-14-3-4-15-5-7-17-8-6-15/h12-14,16H,3-11H2,1-2H3. The van der Waals surface area contributed by atoms with Crippen LogP contribution in [0.25, 0.3) is 0 Å². The molecule has 5 heteroatoms. The number of nitrogens with zero attached hydrogens (tertiary/aromatic N) is 1. The van der Waals surface area contributed by atoms with Gasteiger partial charge in [0.05, 0.1) is 25.9 Å². The Kier molecular flexibility index (Phi) is 8.54. The highest BCUT2D eigenvalue weighted by Crippen LogP contribution is 1.95. The van der Waals surface area contributed by atoms with Crippen molar-refractivity contribution in [2.45, 2.75) is 20.0 Å². The van der Waals surface area contributed by atoms with Gasteiger partial charge in [0.15, 0.2) is 0 Å². The molecule has 1 unspecified atom stereocenters. The van der Waals surface area contributed by atoms with Crippen LogP contribution in [-0.4, -0.2) is 75.3 Å². The average Bonchev–Trinajstić information content (AvgIpc) is 2.35. The second-order valence-electron chi connectivity index (χ2n) is 5.24. The lowest BCUT2D eigenvalue weighted by atomic mass is 10.2. The van der Waals surface area contributed by atoms with Gasteiger partial charge in [-0.05, 0) is 5.92 Å². The number of hydrogen-bond acceptors (Lipinski definition) is 5. The van der Waals surface area contributed by atoms with Gasteiger partial charge in [0.2, 0.25) is 0 Å². The first-order valence-electron chi connectivity index (χ1n) is 6.95. The van der Waals surface area contributed by atoms with Crippen molar-refractivity contribution in [1.82, 2.24) is 10.2 Å². The molecule has 1 fully saturated rings. The minimum absolute atomic E-state index is 0.409. The summed E-state index contributed by atoms with van der Waals surface area (Å²) in [5.41, 5.74) is 0. The van der Waals surface area contributed by atoms with E-state index in [4.69, 9.17) is 9.47 Å². The second kappa shape index (κ2) is 9.69. The predicted octanol–water partition coefficient (Wildman–Crippen LogP) is -0.0583. The van der Waals surface area contributed by atoms with E-state index < -0.39 is 6.10 Å². The molecule has 0 amide bonds. The molecule has 1 atom stereocenters. The lowest BCUT2D eigenvalue weighted by Gasteiger charge is -2.26. The molecule has 0 spiro atoms. The molecule has 1 aliphatic rings. The number of nitrogens with one attached hydrogen (secondary N) is 1. The van der Waals surface area contributed by atoms with Gasteiger partial charge in [-0.3, -0.25) is 4.90 Å². The van der Waals surface area contributed by atoms with Gasteiger partial charge in [-0.25, -0.2) is 0 Å². The summed E-state index contributed by atoms with van der Waals surface area (Å²) in [4.78, 5) is 2.37. The highest BCUT2D eigenvalue weighted by atomic mass is 16.5. The lowest BCUT2D eigenvalue weighted by Crippen LogP contribution is -2.41. The Morgan fingerprint density at radius 1 is 1.28 bits per heavy atom. The summed E-state index contributed by atoms with van der Waals surface area (Å²) in [7, 11) is 0. The molecule has 2 N–H and O–H groups in total. The van der Waals surface area contributed by atoms with Gasteiger partial charge in [-0.2, -0.15) is 0 Å². The SMILES string of the molecule is CC(C)COCC(O)CNCCN1CCOCC1. The predicted molar refractivity (Wildman–Crippen MR) is 71.8 cm³/mol. The van der Waals surface area contributed by atoms with Crippen LogP contribution in [0.3, 0.4) is 0 Å². The Morgan fingerprint density at radius 2 is 2.00 bits per heavy atom. The highest BCUT2D eigenvalue weighted by Gasteiger charge is 2.09. The fraction of sp³-hybridized carbons (Fsp3) is 1.00. The van der Waals surface area contributed by atoms with Crippen molar-refractivity contribution in [3.8, 4) is 0 Å². The van der Waals surface area contributed by atoms with Gasteiger partial charge < -0.3 is 19.9 Å². The van der Waals surface area contributed by atoms with Crippen LogP contribution >= 0.6 is 0 Å². The van der Waals surface area contributed by atoms with E-state index >= 15 is 0 Å². The van der Waals surface area contributed by atoms with Crippen molar-refractivity contribution in [2.24, 2.45) is 5.92 Å². The number of rotatable bonds is 9. The summed E-state index contributed by atoms with van der Waals surface area (Å²) in [6, 6.07) is 0. The molecule has 1 saturated heterocycles. The van der Waals surface area contributed by atoms with E-state index in [-0.39, 0.29) is 0 Å². The molecule has 1 rings (SSSR count). The van der Waals surface area contributed by atoms with Crippen LogP contribution in [-0.2, 0) is 9.47 Å². The third-order valence-corrected chi connectivity index (χ3v) is 2.85. The Balaban J connectivity index is 1.89. The molecule has 5 nitrogen and oxygen atoms in total. The van der Waals surface area contributed by atoms with Gasteiger partial charge >= 0.3 is 0 Å². The van der Waals surface area contributed by atoms with E-state index in [0.29, 0.717) is 25.7 Å². The van der Waals surface area contributed by atoms with Crippen molar-refractivity contribution in [3.63, 3.8) is 0 Å². The number of aliphatic hydroxyl groups excluding tert-OH is 1. The quantitative estimate of drug-likeness (QED) is 0.569. The maximum Gasteiger partial charge on any atom is 0.0897 e. The Bertz CT molecular complexity index is 197. The Morgan fingerprint density at radius 3 is 2.67 bits per heavy atom. The molecule has 1 heterocycles. The number of hydrogen-bond donors (Lipinski definition) is 2. The summed E-state index contributed by atoms with van der Waals surface area (Å²) in [5.74, 6) is 0.520. The smallest absolute Gasteiger partial charge is 0.0897 e. The Labute approximate surface area is 110 Å². The van der Waals surface area contributed by atoms with Crippen molar-refractivity contribution >= 4 is 0 Å². The van der Waals surface area contributed by atoms with Crippen molar-refractivity contribution < 1.29 is 14.6 Å². The van der Waals surface area contributed by atoms with Gasteiger partial charge in [0.1, 0.15) is 0 Å². The molecule has 1 aliphatic heterocycles. The Hall–Kier alpha value is -0.200. The number of morpholine rings is 1. The molecule has 0 saturated carbocycles. The third-order valence-electron chi connectivity index (χ3n) is 2.85. The normalized spacial score (nSPS) is 19.3. The van der Waals surface area contributed by atoms with E-state index in [1.807, 2.05) is 0 Å². The molecule has 0 bridgehead atoms. The van der Waals surface area contributed by atoms with Crippen LogP contribution < -0.4 is 5.32 Å². The van der Waals surface area contributed by atoms with Gasteiger partial charge in [0.25, 0.3) is 0 Å². The molecule has 0 aromatic carbocycles. The van der Waals surface area contributed by atoms with Gasteiger partial charge in [-0.15, -0.1) is 0 Å². The van der Waals surface area contributed by atoms with Gasteiger partial charge in [-0.1, -0.05) is 13.8 Å². The molecule has 0 aromatic heterocycles. The number of ether oxygens (including phenoxy) is 2. The van der Waals surface area contributed by atoms with Crippen LogP contribution in [0.15, 0.2) is 0 Å². The molecule has 0 aromatic rings. The fourth-order valence-corrected chi connectivity index (χ4v) is 1.83. The average molecular weight is 260 g/mol. The van der Waals surface area contributed by atoms with E-state index in [2.05, 4.69) is 24.1 Å². The fourth-order valence-electron chi connectivity index (χ4n) is 1.83. The van der Waals surface area contributed by atoms with Crippen LogP contribution in [0.2, 0.25) is 0 Å². The minimum Gasteiger partial charge on any atom is -0.389 e. The summed E-state index contributed by atoms with van der Waals surface area (Å²) < 4.78 is 10.7. The maximum atomic E-state index is 9.68. The maximum absolute atomic E-state index is 9.68. The van der Waals surface area contributed by atoms with Crippen LogP contribution in [0.5, 0.6) is 0 Å². The zero-order valence-corrected chi connectivity index (χ0v) is 11.7. The monoisotopic (exact) mass is 260 g/mol. The van der Waals surface area contributed by atoms with E-state index in [9.17, 15) is 5.11 Å². The topological polar surface area (TPSA) is 54.0 Å². The molecular weight excluding hydrogens is 232 g/mol. The second-order valence-corrected chi connectivity index (χ2v) is 5.24. The van der Waals surface area contributed by atoms with Crippen molar-refractivity contribution in [2.75, 3.05) is 59.2 Å². The molecule has 108 valence electrons. The largest absolute Gasteiger partial charge is 0.389 e. The van der Waals surface area contributed by atoms with E-state index in [1.165, 1.54) is 0 Å². The van der Waals surface area contributed by atoms with Crippen LogP contribution in [0.4, 0.5) is 0 Å². The van der Waals surface area contributed by atoms with Gasteiger partial charge in [0, 0.05) is 39.3 Å². The highest BCUT2D eigenvalue weighted by molar-refractivity contribution is 4.65. The molecular formula is C13H28N2O3. The lowest BCUT2D eigenvalue weighted by molar-refractivity contribution is 0.0238. The zero-order chi connectivity index (χ0) is 13.2. The first-order valence-corrected chi connectivity index (χ1v) is 6.95. The molecule has 0 aliphatic carbocycles. The first kappa shape index (κ1) is 15.9. The molecule has 0 radical (unpaired) electrons.